The van der Waals surface area contributed by atoms with Crippen LogP contribution in [0.1, 0.15) is 46.9 Å². The van der Waals surface area contributed by atoms with E-state index in [-0.39, 0.29) is 43.0 Å². The van der Waals surface area contributed by atoms with Crippen molar-refractivity contribution in [2.24, 2.45) is 0 Å². The highest BCUT2D eigenvalue weighted by Crippen LogP contribution is 2.38. The van der Waals surface area contributed by atoms with Crippen molar-refractivity contribution in [3.8, 4) is 0 Å². The molecule has 7 nitrogen and oxygen atoms in total. The molecule has 8 heteroatoms. The van der Waals surface area contributed by atoms with Crippen molar-refractivity contribution in [1.82, 2.24) is 15.1 Å². The third-order valence-electron chi connectivity index (χ3n) is 6.29. The second-order valence-corrected chi connectivity index (χ2v) is 8.38. The summed E-state index contributed by atoms with van der Waals surface area (Å²) in [6, 6.07) is 14.0. The standard InChI is InChI=1S/C25H28FN3O4/c1-2-14-27-22(30)21-17-33-25(29(21)23(31)18-8-4-3-5-9-18)12-15-28(16-13-25)24(32)19-10-6-7-11-20(19)26/h3-11,21H,2,12-17H2,1H3,(H,27,30). The molecule has 2 aromatic rings. The van der Waals surface area contributed by atoms with Gasteiger partial charge in [0.15, 0.2) is 0 Å². The van der Waals surface area contributed by atoms with Crippen LogP contribution in [0.5, 0.6) is 0 Å². The highest BCUT2D eigenvalue weighted by atomic mass is 19.1. The number of benzene rings is 2. The molecule has 2 aliphatic heterocycles. The van der Waals surface area contributed by atoms with E-state index in [4.69, 9.17) is 4.74 Å². The van der Waals surface area contributed by atoms with Crippen molar-refractivity contribution in [3.63, 3.8) is 0 Å². The maximum atomic E-state index is 14.1. The number of nitrogens with one attached hydrogen (secondary N) is 1. The number of amides is 3. The first kappa shape index (κ1) is 22.9. The lowest BCUT2D eigenvalue weighted by atomic mass is 9.96. The Balaban J connectivity index is 1.56. The van der Waals surface area contributed by atoms with Gasteiger partial charge in [0.05, 0.1) is 12.2 Å². The summed E-state index contributed by atoms with van der Waals surface area (Å²) in [7, 11) is 0. The lowest BCUT2D eigenvalue weighted by molar-refractivity contribution is -0.128. The fraction of sp³-hybridized carbons (Fsp3) is 0.400. The molecule has 0 radical (unpaired) electrons. The minimum absolute atomic E-state index is 0.0230. The fourth-order valence-electron chi connectivity index (χ4n) is 4.52. The molecule has 0 aromatic heterocycles. The van der Waals surface area contributed by atoms with E-state index in [1.54, 1.807) is 46.2 Å². The van der Waals surface area contributed by atoms with Gasteiger partial charge in [0.2, 0.25) is 5.91 Å². The molecule has 2 heterocycles. The number of likely N-dealkylation sites (tertiary alicyclic amines) is 1. The molecule has 0 saturated carbocycles. The number of hydrogen-bond acceptors (Lipinski definition) is 4. The van der Waals surface area contributed by atoms with Gasteiger partial charge in [0.25, 0.3) is 11.8 Å². The number of hydrogen-bond donors (Lipinski definition) is 1. The quantitative estimate of drug-likeness (QED) is 0.755. The SMILES string of the molecule is CCCNC(=O)C1COC2(CCN(C(=O)c3ccccc3F)CC2)N1C(=O)c1ccccc1. The van der Waals surface area contributed by atoms with Gasteiger partial charge >= 0.3 is 0 Å². The zero-order chi connectivity index (χ0) is 23.4. The second kappa shape index (κ2) is 9.70. The van der Waals surface area contributed by atoms with Crippen LogP contribution in [0, 0.1) is 5.82 Å². The molecular weight excluding hydrogens is 425 g/mol. The van der Waals surface area contributed by atoms with E-state index in [9.17, 15) is 18.8 Å². The average Bonchev–Trinajstić information content (AvgIpc) is 3.21. The molecule has 3 amide bonds. The zero-order valence-corrected chi connectivity index (χ0v) is 18.6. The van der Waals surface area contributed by atoms with Crippen LogP contribution in [0.2, 0.25) is 0 Å². The number of ether oxygens (including phenoxy) is 1. The van der Waals surface area contributed by atoms with E-state index in [2.05, 4.69) is 5.32 Å². The van der Waals surface area contributed by atoms with Gasteiger partial charge in [-0.25, -0.2) is 4.39 Å². The van der Waals surface area contributed by atoms with Gasteiger partial charge in [-0.15, -0.1) is 0 Å². The maximum absolute atomic E-state index is 14.1. The van der Waals surface area contributed by atoms with Gasteiger partial charge in [0.1, 0.15) is 17.6 Å². The number of halogens is 1. The van der Waals surface area contributed by atoms with Crippen molar-refractivity contribution in [2.75, 3.05) is 26.2 Å². The molecule has 2 aromatic carbocycles. The Morgan fingerprint density at radius 2 is 1.70 bits per heavy atom. The molecule has 1 N–H and O–H groups in total. The molecule has 2 fully saturated rings. The number of carbonyl (C=O) groups is 3. The predicted molar refractivity (Wildman–Crippen MR) is 120 cm³/mol. The second-order valence-electron chi connectivity index (χ2n) is 8.38. The topological polar surface area (TPSA) is 79.0 Å². The normalized spacial score (nSPS) is 19.5. The van der Waals surface area contributed by atoms with E-state index in [1.165, 1.54) is 12.1 Å². The highest BCUT2D eigenvalue weighted by molar-refractivity contribution is 5.98. The van der Waals surface area contributed by atoms with Crippen LogP contribution in [-0.2, 0) is 9.53 Å². The molecular formula is C25H28FN3O4. The third-order valence-corrected chi connectivity index (χ3v) is 6.29. The van der Waals surface area contributed by atoms with Crippen LogP contribution in [0.4, 0.5) is 4.39 Å². The van der Waals surface area contributed by atoms with E-state index in [0.29, 0.717) is 24.9 Å². The number of nitrogens with zero attached hydrogens (tertiary/aromatic N) is 2. The van der Waals surface area contributed by atoms with Crippen LogP contribution >= 0.6 is 0 Å². The predicted octanol–water partition coefficient (Wildman–Crippen LogP) is 2.83. The van der Waals surface area contributed by atoms with Crippen molar-refractivity contribution >= 4 is 17.7 Å². The lowest BCUT2D eigenvalue weighted by Gasteiger charge is -2.44. The van der Waals surface area contributed by atoms with Crippen LogP contribution in [-0.4, -0.2) is 65.5 Å². The summed E-state index contributed by atoms with van der Waals surface area (Å²) in [5.41, 5.74) is -0.497. The summed E-state index contributed by atoms with van der Waals surface area (Å²) in [4.78, 5) is 42.4. The number of carbonyl (C=O) groups excluding carboxylic acids is 3. The van der Waals surface area contributed by atoms with Crippen molar-refractivity contribution in [2.45, 2.75) is 38.0 Å². The molecule has 2 saturated heterocycles. The first-order valence-corrected chi connectivity index (χ1v) is 11.3. The number of rotatable bonds is 5. The maximum Gasteiger partial charge on any atom is 0.256 e. The van der Waals surface area contributed by atoms with Gasteiger partial charge in [-0.2, -0.15) is 0 Å². The van der Waals surface area contributed by atoms with Gasteiger partial charge < -0.3 is 15.0 Å². The summed E-state index contributed by atoms with van der Waals surface area (Å²) in [6.07, 6.45) is 1.46. The first-order valence-electron chi connectivity index (χ1n) is 11.3. The van der Waals surface area contributed by atoms with E-state index >= 15 is 0 Å². The molecule has 1 unspecified atom stereocenters. The summed E-state index contributed by atoms with van der Waals surface area (Å²) < 4.78 is 20.3. The summed E-state index contributed by atoms with van der Waals surface area (Å²) in [5.74, 6) is -1.48. The Kier molecular flexibility index (Phi) is 6.74. The van der Waals surface area contributed by atoms with Gasteiger partial charge in [-0.3, -0.25) is 19.3 Å². The Bertz CT molecular complexity index is 1020. The Labute approximate surface area is 192 Å². The smallest absolute Gasteiger partial charge is 0.256 e. The third kappa shape index (κ3) is 4.48. The highest BCUT2D eigenvalue weighted by Gasteiger charge is 2.54. The average molecular weight is 454 g/mol. The van der Waals surface area contributed by atoms with Crippen LogP contribution in [0.3, 0.4) is 0 Å². The molecule has 1 spiro atoms. The van der Waals surface area contributed by atoms with Crippen LogP contribution in [0.15, 0.2) is 54.6 Å². The summed E-state index contributed by atoms with van der Waals surface area (Å²) >= 11 is 0. The molecule has 33 heavy (non-hydrogen) atoms. The lowest BCUT2D eigenvalue weighted by Crippen LogP contribution is -2.59. The Morgan fingerprint density at radius 1 is 1.03 bits per heavy atom. The molecule has 1 atom stereocenters. The van der Waals surface area contributed by atoms with E-state index in [1.807, 2.05) is 13.0 Å². The monoisotopic (exact) mass is 453 g/mol. The van der Waals surface area contributed by atoms with E-state index < -0.39 is 17.6 Å². The molecule has 0 aliphatic carbocycles. The fourth-order valence-corrected chi connectivity index (χ4v) is 4.52. The Hall–Kier alpha value is -3.26. The van der Waals surface area contributed by atoms with Crippen molar-refractivity contribution in [1.29, 1.82) is 0 Å². The number of piperidine rings is 1. The minimum atomic E-state index is -0.993. The largest absolute Gasteiger partial charge is 0.354 e. The Morgan fingerprint density at radius 3 is 2.36 bits per heavy atom. The van der Waals surface area contributed by atoms with Crippen molar-refractivity contribution in [3.05, 3.63) is 71.5 Å². The minimum Gasteiger partial charge on any atom is -0.354 e. The van der Waals surface area contributed by atoms with E-state index in [0.717, 1.165) is 6.42 Å². The molecule has 2 aliphatic rings. The first-order chi connectivity index (χ1) is 16.0. The zero-order valence-electron chi connectivity index (χ0n) is 18.6. The summed E-state index contributed by atoms with van der Waals surface area (Å²) in [6.45, 7) is 3.14. The van der Waals surface area contributed by atoms with Crippen LogP contribution < -0.4 is 5.32 Å². The van der Waals surface area contributed by atoms with Gasteiger partial charge in [0, 0.05) is 38.0 Å². The van der Waals surface area contributed by atoms with Gasteiger partial charge in [-0.05, 0) is 30.7 Å². The van der Waals surface area contributed by atoms with Gasteiger partial charge in [-0.1, -0.05) is 37.3 Å². The molecule has 4 rings (SSSR count). The molecule has 174 valence electrons. The van der Waals surface area contributed by atoms with Crippen LogP contribution in [0.25, 0.3) is 0 Å². The van der Waals surface area contributed by atoms with Crippen molar-refractivity contribution < 1.29 is 23.5 Å². The summed E-state index contributed by atoms with van der Waals surface area (Å²) in [5, 5.41) is 2.87. The molecule has 0 bridgehead atoms.